The van der Waals surface area contributed by atoms with Crippen LogP contribution in [-0.4, -0.2) is 28.6 Å². The summed E-state index contributed by atoms with van der Waals surface area (Å²) in [7, 11) is 0. The van der Waals surface area contributed by atoms with Gasteiger partial charge in [-0.3, -0.25) is 9.88 Å². The van der Waals surface area contributed by atoms with Gasteiger partial charge in [-0.25, -0.2) is 4.79 Å². The van der Waals surface area contributed by atoms with Gasteiger partial charge in [-0.2, -0.15) is 0 Å². The maximum atomic E-state index is 11.6. The molecule has 1 saturated heterocycles. The van der Waals surface area contributed by atoms with Crippen LogP contribution in [0.5, 0.6) is 0 Å². The molecule has 1 aliphatic rings. The first kappa shape index (κ1) is 10.9. The maximum Gasteiger partial charge on any atom is 0.410 e. The van der Waals surface area contributed by atoms with Gasteiger partial charge in [0.05, 0.1) is 5.69 Å². The Morgan fingerprint density at radius 3 is 2.88 bits per heavy atom. The summed E-state index contributed by atoms with van der Waals surface area (Å²) in [4.78, 5) is 17.7. The molecule has 2 heterocycles. The fourth-order valence-corrected chi connectivity index (χ4v) is 1.98. The van der Waals surface area contributed by atoms with Gasteiger partial charge in [0.15, 0.2) is 0 Å². The van der Waals surface area contributed by atoms with E-state index in [1.807, 2.05) is 39.0 Å². The van der Waals surface area contributed by atoms with E-state index in [-0.39, 0.29) is 18.2 Å². The molecule has 86 valence electrons. The minimum Gasteiger partial charge on any atom is -0.447 e. The van der Waals surface area contributed by atoms with E-state index in [4.69, 9.17) is 4.74 Å². The first-order chi connectivity index (χ1) is 7.59. The predicted molar refractivity (Wildman–Crippen MR) is 60.0 cm³/mol. The molecule has 0 aliphatic carbocycles. The van der Waals surface area contributed by atoms with E-state index < -0.39 is 0 Å². The van der Waals surface area contributed by atoms with Gasteiger partial charge in [0.2, 0.25) is 0 Å². The first-order valence-electron chi connectivity index (χ1n) is 5.48. The number of hydrogen-bond acceptors (Lipinski definition) is 3. The van der Waals surface area contributed by atoms with Gasteiger partial charge in [-0.05, 0) is 32.9 Å². The monoisotopic (exact) mass is 220 g/mol. The van der Waals surface area contributed by atoms with Gasteiger partial charge in [0.25, 0.3) is 0 Å². The number of pyridine rings is 1. The zero-order chi connectivity index (χ0) is 11.7. The number of carbonyl (C=O) groups is 1. The molecule has 0 saturated carbocycles. The molecular weight excluding hydrogens is 204 g/mol. The van der Waals surface area contributed by atoms with Crippen molar-refractivity contribution in [3.63, 3.8) is 0 Å². The summed E-state index contributed by atoms with van der Waals surface area (Å²) in [6.45, 7) is 6.30. The fourth-order valence-electron chi connectivity index (χ4n) is 1.98. The standard InChI is InChI=1S/C12H16N2O2/c1-8(2)14-11(7-16-12(14)15)10-6-4-5-9(3)13-10/h4-6,8,11H,7H2,1-3H3. The molecule has 4 heteroatoms. The fraction of sp³-hybridized carbons (Fsp3) is 0.500. The van der Waals surface area contributed by atoms with Crippen molar-refractivity contribution >= 4 is 6.09 Å². The van der Waals surface area contributed by atoms with E-state index in [9.17, 15) is 4.79 Å². The smallest absolute Gasteiger partial charge is 0.410 e. The number of amides is 1. The summed E-state index contributed by atoms with van der Waals surface area (Å²) in [6.07, 6.45) is -0.247. The molecule has 1 aliphatic heterocycles. The van der Waals surface area contributed by atoms with Crippen LogP contribution in [0.4, 0.5) is 4.79 Å². The van der Waals surface area contributed by atoms with E-state index in [2.05, 4.69) is 4.98 Å². The second-order valence-corrected chi connectivity index (χ2v) is 4.30. The lowest BCUT2D eigenvalue weighted by atomic mass is 10.1. The normalized spacial score (nSPS) is 20.4. The number of rotatable bonds is 2. The van der Waals surface area contributed by atoms with Crippen LogP contribution < -0.4 is 0 Å². The summed E-state index contributed by atoms with van der Waals surface area (Å²) in [5.74, 6) is 0. The quantitative estimate of drug-likeness (QED) is 0.768. The highest BCUT2D eigenvalue weighted by Gasteiger charge is 2.36. The molecule has 0 bridgehead atoms. The minimum atomic E-state index is -0.247. The third-order valence-electron chi connectivity index (χ3n) is 2.72. The summed E-state index contributed by atoms with van der Waals surface area (Å²) in [5.41, 5.74) is 1.86. The molecule has 1 amide bonds. The lowest BCUT2D eigenvalue weighted by Crippen LogP contribution is -2.34. The number of cyclic esters (lactones) is 1. The number of ether oxygens (including phenoxy) is 1. The van der Waals surface area contributed by atoms with Crippen molar-refractivity contribution in [2.45, 2.75) is 32.9 Å². The third kappa shape index (κ3) is 1.87. The molecule has 1 fully saturated rings. The van der Waals surface area contributed by atoms with Gasteiger partial charge in [0, 0.05) is 11.7 Å². The van der Waals surface area contributed by atoms with Crippen molar-refractivity contribution in [3.8, 4) is 0 Å². The second-order valence-electron chi connectivity index (χ2n) is 4.30. The van der Waals surface area contributed by atoms with Crippen LogP contribution in [0.1, 0.15) is 31.3 Å². The van der Waals surface area contributed by atoms with Crippen LogP contribution in [0, 0.1) is 6.92 Å². The highest BCUT2D eigenvalue weighted by molar-refractivity contribution is 5.70. The number of aryl methyl sites for hydroxylation is 1. The Hall–Kier alpha value is -1.58. The molecule has 1 aromatic rings. The lowest BCUT2D eigenvalue weighted by Gasteiger charge is -2.24. The van der Waals surface area contributed by atoms with Crippen LogP contribution in [0.15, 0.2) is 18.2 Å². The molecule has 0 N–H and O–H groups in total. The molecule has 1 atom stereocenters. The SMILES string of the molecule is Cc1cccc(C2COC(=O)N2C(C)C)n1. The summed E-state index contributed by atoms with van der Waals surface area (Å²) < 4.78 is 5.08. The topological polar surface area (TPSA) is 42.4 Å². The minimum absolute atomic E-state index is 0.0487. The Morgan fingerprint density at radius 1 is 1.50 bits per heavy atom. The molecule has 0 aromatic carbocycles. The number of nitrogens with zero attached hydrogens (tertiary/aromatic N) is 2. The summed E-state index contributed by atoms with van der Waals surface area (Å²) >= 11 is 0. The molecule has 1 unspecified atom stereocenters. The number of hydrogen-bond donors (Lipinski definition) is 0. The van der Waals surface area contributed by atoms with E-state index in [0.29, 0.717) is 6.61 Å². The number of aromatic nitrogens is 1. The second kappa shape index (κ2) is 4.12. The third-order valence-corrected chi connectivity index (χ3v) is 2.72. The summed E-state index contributed by atoms with van der Waals surface area (Å²) in [5, 5.41) is 0. The van der Waals surface area contributed by atoms with E-state index in [1.165, 1.54) is 0 Å². The van der Waals surface area contributed by atoms with Crippen molar-refractivity contribution in [1.82, 2.24) is 9.88 Å². The Morgan fingerprint density at radius 2 is 2.25 bits per heavy atom. The van der Waals surface area contributed by atoms with Crippen molar-refractivity contribution in [2.24, 2.45) is 0 Å². The Kier molecular flexibility index (Phi) is 2.81. The summed E-state index contributed by atoms with van der Waals surface area (Å²) in [6, 6.07) is 5.92. The molecular formula is C12H16N2O2. The van der Waals surface area contributed by atoms with Crippen LogP contribution in [0.3, 0.4) is 0 Å². The van der Waals surface area contributed by atoms with Gasteiger partial charge in [0.1, 0.15) is 12.6 Å². The van der Waals surface area contributed by atoms with Crippen molar-refractivity contribution in [3.05, 3.63) is 29.6 Å². The highest BCUT2D eigenvalue weighted by Crippen LogP contribution is 2.28. The van der Waals surface area contributed by atoms with Crippen LogP contribution in [-0.2, 0) is 4.74 Å². The molecule has 2 rings (SSSR count). The average molecular weight is 220 g/mol. The molecule has 0 radical (unpaired) electrons. The van der Waals surface area contributed by atoms with Crippen LogP contribution in [0.2, 0.25) is 0 Å². The van der Waals surface area contributed by atoms with Gasteiger partial charge < -0.3 is 4.74 Å². The van der Waals surface area contributed by atoms with Crippen LogP contribution in [0.25, 0.3) is 0 Å². The largest absolute Gasteiger partial charge is 0.447 e. The first-order valence-corrected chi connectivity index (χ1v) is 5.48. The zero-order valence-corrected chi connectivity index (χ0v) is 9.80. The van der Waals surface area contributed by atoms with E-state index in [1.54, 1.807) is 4.90 Å². The maximum absolute atomic E-state index is 11.6. The Balaban J connectivity index is 2.30. The lowest BCUT2D eigenvalue weighted by molar-refractivity contribution is 0.149. The molecule has 0 spiro atoms. The van der Waals surface area contributed by atoms with E-state index >= 15 is 0 Å². The van der Waals surface area contributed by atoms with Gasteiger partial charge in [-0.1, -0.05) is 6.07 Å². The number of carbonyl (C=O) groups excluding carboxylic acids is 1. The predicted octanol–water partition coefficient (Wildman–Crippen LogP) is 2.29. The van der Waals surface area contributed by atoms with Crippen molar-refractivity contribution in [1.29, 1.82) is 0 Å². The highest BCUT2D eigenvalue weighted by atomic mass is 16.6. The van der Waals surface area contributed by atoms with Crippen molar-refractivity contribution < 1.29 is 9.53 Å². The molecule has 16 heavy (non-hydrogen) atoms. The van der Waals surface area contributed by atoms with Crippen LogP contribution >= 0.6 is 0 Å². The molecule has 1 aromatic heterocycles. The Bertz CT molecular complexity index is 404. The average Bonchev–Trinajstić information content (AvgIpc) is 2.60. The van der Waals surface area contributed by atoms with Gasteiger partial charge in [-0.15, -0.1) is 0 Å². The van der Waals surface area contributed by atoms with Gasteiger partial charge >= 0.3 is 6.09 Å². The Labute approximate surface area is 95.2 Å². The van der Waals surface area contributed by atoms with E-state index in [0.717, 1.165) is 11.4 Å². The van der Waals surface area contributed by atoms with Crippen molar-refractivity contribution in [2.75, 3.05) is 6.61 Å². The zero-order valence-electron chi connectivity index (χ0n) is 9.80. The molecule has 4 nitrogen and oxygen atoms in total.